The molecule has 0 aliphatic heterocycles. The largest absolute Gasteiger partial charge is 0.465 e. The first-order valence-corrected chi connectivity index (χ1v) is 14.3. The molecule has 2 aromatic heterocycles. The van der Waals surface area contributed by atoms with Crippen LogP contribution < -0.4 is 16.4 Å². The fraction of sp³-hybridized carbons (Fsp3) is 0.429. The Labute approximate surface area is 209 Å². The highest BCUT2D eigenvalue weighted by atomic mass is 32.2. The van der Waals surface area contributed by atoms with Crippen molar-refractivity contribution >= 4 is 41.2 Å². The van der Waals surface area contributed by atoms with Gasteiger partial charge in [0.1, 0.15) is 20.7 Å². The molecule has 0 radical (unpaired) electrons. The number of imidazole rings is 1. The van der Waals surface area contributed by atoms with E-state index in [1.807, 2.05) is 0 Å². The van der Waals surface area contributed by atoms with Crippen molar-refractivity contribution in [2.24, 2.45) is 0 Å². The normalized spacial score (nSPS) is 13.5. The van der Waals surface area contributed by atoms with E-state index in [0.717, 1.165) is 11.8 Å². The number of H-pyrrole nitrogens is 1. The molecule has 0 bridgehead atoms. The molecule has 15 heteroatoms. The summed E-state index contributed by atoms with van der Waals surface area (Å²) in [6.45, 7) is 4.44. The number of hydrogen-bond acceptors (Lipinski definition) is 11. The standard InChI is InChI=1S/C21H29N6O7PS/c1-4-33-20(29)14(2)26-35(34-11-15-5-7-16(8-6-15)36(3,30)31)13-32-10-9-27-12-23-17-18(27)24-21(22)25-19(17)28/h5-8,12,14,26H,4,9-11,13H2,1-3H3,(H3,22,24,25,28). The fourth-order valence-electron chi connectivity index (χ4n) is 3.08. The Balaban J connectivity index is 1.60. The summed E-state index contributed by atoms with van der Waals surface area (Å²) >= 11 is 0. The van der Waals surface area contributed by atoms with Crippen LogP contribution in [0.2, 0.25) is 0 Å². The van der Waals surface area contributed by atoms with Gasteiger partial charge in [-0.1, -0.05) is 12.1 Å². The lowest BCUT2D eigenvalue weighted by molar-refractivity contribution is -0.144. The molecule has 0 amide bonds. The highest BCUT2D eigenvalue weighted by molar-refractivity contribution is 7.90. The minimum absolute atomic E-state index is 0.00573. The average molecular weight is 541 g/mol. The fourth-order valence-corrected chi connectivity index (χ4v) is 5.07. The Morgan fingerprint density at radius 1 is 1.31 bits per heavy atom. The molecule has 0 spiro atoms. The number of nitrogens with one attached hydrogen (secondary N) is 2. The van der Waals surface area contributed by atoms with Gasteiger partial charge in [0.05, 0.1) is 31.0 Å². The van der Waals surface area contributed by atoms with E-state index in [1.165, 1.54) is 18.5 Å². The van der Waals surface area contributed by atoms with Crippen molar-refractivity contribution in [1.82, 2.24) is 24.6 Å². The zero-order chi connectivity index (χ0) is 26.3. The van der Waals surface area contributed by atoms with Crippen LogP contribution in [0.15, 0.2) is 40.3 Å². The first-order valence-electron chi connectivity index (χ1n) is 11.0. The van der Waals surface area contributed by atoms with Gasteiger partial charge in [-0.3, -0.25) is 19.7 Å². The van der Waals surface area contributed by atoms with E-state index >= 15 is 0 Å². The molecule has 2 atom stereocenters. The van der Waals surface area contributed by atoms with E-state index in [-0.39, 0.29) is 42.5 Å². The molecule has 4 N–H and O–H groups in total. The Kier molecular flexibility index (Phi) is 9.51. The second-order valence-electron chi connectivity index (χ2n) is 7.77. The van der Waals surface area contributed by atoms with Crippen LogP contribution >= 0.6 is 8.30 Å². The number of benzene rings is 1. The maximum atomic E-state index is 12.1. The molecule has 3 aromatic rings. The van der Waals surface area contributed by atoms with Gasteiger partial charge in [0.15, 0.2) is 21.0 Å². The van der Waals surface area contributed by atoms with Crippen LogP contribution in [0.3, 0.4) is 0 Å². The minimum atomic E-state index is -3.29. The maximum absolute atomic E-state index is 12.1. The smallest absolute Gasteiger partial charge is 0.323 e. The third kappa shape index (κ3) is 7.55. The zero-order valence-corrected chi connectivity index (χ0v) is 21.8. The zero-order valence-electron chi connectivity index (χ0n) is 20.1. The predicted octanol–water partition coefficient (Wildman–Crippen LogP) is 1.15. The number of carbonyl (C=O) groups is 1. The number of hydrogen-bond donors (Lipinski definition) is 3. The molecule has 1 aromatic carbocycles. The molecule has 0 fully saturated rings. The number of nitrogens with two attached hydrogens (primary N) is 1. The first kappa shape index (κ1) is 27.7. The molecule has 0 saturated heterocycles. The second kappa shape index (κ2) is 12.4. The number of anilines is 1. The number of esters is 1. The number of aromatic nitrogens is 4. The van der Waals surface area contributed by atoms with Gasteiger partial charge < -0.3 is 24.3 Å². The predicted molar refractivity (Wildman–Crippen MR) is 134 cm³/mol. The van der Waals surface area contributed by atoms with Gasteiger partial charge >= 0.3 is 5.97 Å². The molecule has 36 heavy (non-hydrogen) atoms. The Bertz CT molecular complexity index is 1340. The minimum Gasteiger partial charge on any atom is -0.465 e. The van der Waals surface area contributed by atoms with Crippen molar-refractivity contribution < 1.29 is 27.2 Å². The lowest BCUT2D eigenvalue weighted by atomic mass is 10.2. The SMILES string of the molecule is CCOC(=O)C(C)NP(COCCn1cnc2c(=O)[nH]c(N)nc21)OCc1ccc(S(C)(=O)=O)cc1. The number of nitrogen functional groups attached to an aromatic ring is 1. The summed E-state index contributed by atoms with van der Waals surface area (Å²) in [5.41, 5.74) is 6.50. The van der Waals surface area contributed by atoms with Gasteiger partial charge in [-0.05, 0) is 31.5 Å². The van der Waals surface area contributed by atoms with Crippen molar-refractivity contribution in [3.8, 4) is 0 Å². The Hall–Kier alpha value is -2.90. The van der Waals surface area contributed by atoms with Gasteiger partial charge in [-0.15, -0.1) is 0 Å². The van der Waals surface area contributed by atoms with Crippen molar-refractivity contribution in [1.29, 1.82) is 0 Å². The van der Waals surface area contributed by atoms with E-state index in [2.05, 4.69) is 20.0 Å². The van der Waals surface area contributed by atoms with Crippen LogP contribution in [0.25, 0.3) is 11.2 Å². The van der Waals surface area contributed by atoms with E-state index in [4.69, 9.17) is 19.7 Å². The van der Waals surface area contributed by atoms with E-state index in [0.29, 0.717) is 12.2 Å². The van der Waals surface area contributed by atoms with Crippen molar-refractivity contribution in [3.05, 3.63) is 46.5 Å². The number of carbonyl (C=O) groups excluding carboxylic acids is 1. The van der Waals surface area contributed by atoms with E-state index < -0.39 is 35.7 Å². The highest BCUT2D eigenvalue weighted by Crippen LogP contribution is 2.34. The van der Waals surface area contributed by atoms with Gasteiger partial charge in [0.2, 0.25) is 5.95 Å². The summed E-state index contributed by atoms with van der Waals surface area (Å²) in [5.74, 6) is -0.418. The van der Waals surface area contributed by atoms with Gasteiger partial charge in [-0.2, -0.15) is 4.98 Å². The average Bonchev–Trinajstić information content (AvgIpc) is 3.22. The van der Waals surface area contributed by atoms with Crippen molar-refractivity contribution in [2.45, 2.75) is 37.9 Å². The van der Waals surface area contributed by atoms with Crippen molar-refractivity contribution in [2.75, 3.05) is 31.6 Å². The lowest BCUT2D eigenvalue weighted by Crippen LogP contribution is -2.33. The number of rotatable bonds is 13. The molecular weight excluding hydrogens is 511 g/mol. The third-order valence-corrected chi connectivity index (χ3v) is 7.56. The Morgan fingerprint density at radius 3 is 2.69 bits per heavy atom. The summed E-state index contributed by atoms with van der Waals surface area (Å²) in [5, 5.41) is 3.10. The first-order chi connectivity index (χ1) is 17.1. The molecule has 2 heterocycles. The molecule has 0 aliphatic rings. The van der Waals surface area contributed by atoms with E-state index in [1.54, 1.807) is 30.5 Å². The number of fused-ring (bicyclic) bond motifs is 1. The molecule has 2 unspecified atom stereocenters. The monoisotopic (exact) mass is 540 g/mol. The van der Waals surface area contributed by atoms with Crippen LogP contribution in [-0.4, -0.2) is 65.8 Å². The second-order valence-corrected chi connectivity index (χ2v) is 11.3. The molecular formula is C21H29N6O7PS. The summed E-state index contributed by atoms with van der Waals surface area (Å²) in [4.78, 5) is 34.8. The number of ether oxygens (including phenoxy) is 2. The van der Waals surface area contributed by atoms with Crippen molar-refractivity contribution in [3.63, 3.8) is 0 Å². The van der Waals surface area contributed by atoms with Crippen LogP contribution in [0, 0.1) is 0 Å². The van der Waals surface area contributed by atoms with Gasteiger partial charge in [0.25, 0.3) is 5.56 Å². The summed E-state index contributed by atoms with van der Waals surface area (Å²) in [6, 6.07) is 5.75. The third-order valence-electron chi connectivity index (χ3n) is 4.89. The molecule has 3 rings (SSSR count). The van der Waals surface area contributed by atoms with E-state index in [9.17, 15) is 18.0 Å². The molecule has 13 nitrogen and oxygen atoms in total. The van der Waals surface area contributed by atoms with Crippen LogP contribution in [0.1, 0.15) is 19.4 Å². The number of sulfone groups is 1. The topological polar surface area (TPSA) is 181 Å². The summed E-state index contributed by atoms with van der Waals surface area (Å²) in [6.07, 6.45) is 2.78. The Morgan fingerprint density at radius 2 is 2.03 bits per heavy atom. The highest BCUT2D eigenvalue weighted by Gasteiger charge is 2.20. The number of aromatic amines is 1. The maximum Gasteiger partial charge on any atom is 0.323 e. The molecule has 0 aliphatic carbocycles. The molecule has 196 valence electrons. The lowest BCUT2D eigenvalue weighted by Gasteiger charge is -2.22. The number of nitrogens with zero attached hydrogens (tertiary/aromatic N) is 3. The van der Waals surface area contributed by atoms with Crippen LogP contribution in [0.4, 0.5) is 5.95 Å². The summed E-state index contributed by atoms with van der Waals surface area (Å²) in [7, 11) is -4.71. The van der Waals surface area contributed by atoms with Crippen LogP contribution in [0.5, 0.6) is 0 Å². The quantitative estimate of drug-likeness (QED) is 0.161. The molecule has 0 saturated carbocycles. The van der Waals surface area contributed by atoms with Gasteiger partial charge in [0, 0.05) is 12.8 Å². The summed E-state index contributed by atoms with van der Waals surface area (Å²) < 4.78 is 41.8. The van der Waals surface area contributed by atoms with Gasteiger partial charge in [-0.25, -0.2) is 13.4 Å². The van der Waals surface area contributed by atoms with Crippen LogP contribution in [-0.2, 0) is 41.8 Å².